The van der Waals surface area contributed by atoms with Crippen LogP contribution in [0.3, 0.4) is 0 Å². The van der Waals surface area contributed by atoms with Gasteiger partial charge in [-0.15, -0.1) is 0 Å². The van der Waals surface area contributed by atoms with Crippen LogP contribution in [0.1, 0.15) is 264 Å². The molecule has 0 aliphatic carbocycles. The molecule has 0 spiro atoms. The van der Waals surface area contributed by atoms with Crippen molar-refractivity contribution in [2.75, 3.05) is 19.7 Å². The van der Waals surface area contributed by atoms with Gasteiger partial charge in [0.05, 0.1) is 6.61 Å². The first-order chi connectivity index (χ1) is 52.2. The van der Waals surface area contributed by atoms with Crippen LogP contribution in [0.25, 0.3) is 0 Å². The molecule has 4 aromatic rings. The maximum Gasteiger partial charge on any atom is 0.220 e. The molecule has 10 atom stereocenters. The predicted octanol–water partition coefficient (Wildman–Crippen LogP) is 16.9. The Morgan fingerprint density at radius 2 is 0.624 bits per heavy atom. The monoisotopic (exact) mass is 1500 g/mol. The van der Waals surface area contributed by atoms with Gasteiger partial charge in [0.1, 0.15) is 63.6 Å². The molecular formula is C93H132N2O14. The number of ketones is 11. The van der Waals surface area contributed by atoms with E-state index in [2.05, 4.69) is 31.4 Å². The molecular weight excluding hydrogens is 1370 g/mol. The Labute approximate surface area is 652 Å². The predicted molar refractivity (Wildman–Crippen MR) is 431 cm³/mol. The van der Waals surface area contributed by atoms with Crippen LogP contribution in [-0.4, -0.2) is 100 Å². The molecule has 4 aromatic carbocycles. The molecule has 0 aliphatic heterocycles. The minimum Gasteiger partial charge on any atom is -0.396 e. The molecule has 0 bridgehead atoms. The highest BCUT2D eigenvalue weighted by atomic mass is 16.3. The fourth-order valence-corrected chi connectivity index (χ4v) is 14.7. The van der Waals surface area contributed by atoms with Crippen molar-refractivity contribution < 1.29 is 67.4 Å². The van der Waals surface area contributed by atoms with Gasteiger partial charge in [-0.1, -0.05) is 228 Å². The van der Waals surface area contributed by atoms with Crippen LogP contribution in [0, 0.1) is 71.0 Å². The SMILES string of the molecule is CCCCCC(CC(=O)C(C)CCCCNC(=O)CCC(=O)NCC)C(=O)CC(Cc1ccccc1)C(=O)CC(CCC(C)C)C(=O)CC(Cc1ccccc1)C(=O)CC(CCC(C)C)C(=O)CC(Cc1ccccc1)C(=O)CC(CCCCC)C(=O)CC(Cc1ccccc1)C(=O)CCC(=O)CC(CO)C(C)=O. The molecule has 10 unspecified atom stereocenters. The number of carbonyl (C=O) groups is 13. The fourth-order valence-electron chi connectivity index (χ4n) is 14.7. The first kappa shape index (κ1) is 93.5. The highest BCUT2D eigenvalue weighted by Crippen LogP contribution is 2.33. The summed E-state index contributed by atoms with van der Waals surface area (Å²) in [6.45, 7) is 17.8. The third kappa shape index (κ3) is 38.1. The van der Waals surface area contributed by atoms with Gasteiger partial charge in [-0.2, -0.15) is 0 Å². The number of benzene rings is 4. The zero-order chi connectivity index (χ0) is 80.0. The van der Waals surface area contributed by atoms with Gasteiger partial charge in [0, 0.05) is 156 Å². The molecule has 0 aromatic heterocycles. The van der Waals surface area contributed by atoms with E-state index in [1.807, 2.05) is 156 Å². The maximum absolute atomic E-state index is 15.5. The van der Waals surface area contributed by atoms with Crippen LogP contribution in [0.2, 0.25) is 0 Å². The van der Waals surface area contributed by atoms with Crippen LogP contribution in [0.4, 0.5) is 0 Å². The number of aliphatic hydroxyl groups is 1. The number of aliphatic hydroxyl groups excluding tert-OH is 1. The fraction of sp³-hybridized carbons (Fsp3) is 0.602. The van der Waals surface area contributed by atoms with Gasteiger partial charge >= 0.3 is 0 Å². The quantitative estimate of drug-likeness (QED) is 0.0347. The molecule has 4 rings (SSSR count). The number of rotatable bonds is 63. The van der Waals surface area contributed by atoms with Crippen LogP contribution in [0.15, 0.2) is 121 Å². The summed E-state index contributed by atoms with van der Waals surface area (Å²) in [5.74, 6) is -10.2. The topological polar surface area (TPSA) is 266 Å². The van der Waals surface area contributed by atoms with Crippen molar-refractivity contribution in [3.8, 4) is 0 Å². The Hall–Kier alpha value is -7.85. The van der Waals surface area contributed by atoms with E-state index in [9.17, 15) is 43.5 Å². The van der Waals surface area contributed by atoms with E-state index < -0.39 is 59.9 Å². The molecule has 0 saturated heterocycles. The smallest absolute Gasteiger partial charge is 0.220 e. The lowest BCUT2D eigenvalue weighted by molar-refractivity contribution is -0.136. The number of unbranched alkanes of at least 4 members (excludes halogenated alkanes) is 5. The maximum atomic E-state index is 15.5. The Morgan fingerprint density at radius 3 is 0.954 bits per heavy atom. The second-order valence-electron chi connectivity index (χ2n) is 32.0. The Bertz CT molecular complexity index is 3440. The summed E-state index contributed by atoms with van der Waals surface area (Å²) in [5.41, 5.74) is 3.33. The molecule has 0 radical (unpaired) electrons. The zero-order valence-electron chi connectivity index (χ0n) is 67.5. The van der Waals surface area contributed by atoms with Crippen molar-refractivity contribution in [3.05, 3.63) is 144 Å². The van der Waals surface area contributed by atoms with E-state index in [0.29, 0.717) is 77.3 Å². The molecule has 0 saturated carbocycles. The van der Waals surface area contributed by atoms with Crippen molar-refractivity contribution in [2.24, 2.45) is 71.0 Å². The second kappa shape index (κ2) is 53.1. The summed E-state index contributed by atoms with van der Waals surface area (Å²) in [6.07, 6.45) is 9.09. The Morgan fingerprint density at radius 1 is 0.312 bits per heavy atom. The molecule has 0 fully saturated rings. The molecule has 16 nitrogen and oxygen atoms in total. The second-order valence-corrected chi connectivity index (χ2v) is 32.0. The lowest BCUT2D eigenvalue weighted by atomic mass is 9.76. The number of hydrogen-bond acceptors (Lipinski definition) is 14. The summed E-state index contributed by atoms with van der Waals surface area (Å²) in [5, 5.41) is 15.3. The van der Waals surface area contributed by atoms with Crippen molar-refractivity contribution >= 4 is 75.4 Å². The first-order valence-electron chi connectivity index (χ1n) is 41.3. The summed E-state index contributed by atoms with van der Waals surface area (Å²) in [7, 11) is 0. The average molecular weight is 1500 g/mol. The minimum absolute atomic E-state index is 0.0268. The average Bonchev–Trinajstić information content (AvgIpc) is 0.850. The van der Waals surface area contributed by atoms with Crippen molar-refractivity contribution in [1.82, 2.24) is 10.6 Å². The van der Waals surface area contributed by atoms with Gasteiger partial charge in [-0.3, -0.25) is 62.3 Å². The van der Waals surface area contributed by atoms with Gasteiger partial charge in [-0.25, -0.2) is 0 Å². The first-order valence-corrected chi connectivity index (χ1v) is 41.3. The molecule has 0 heterocycles. The molecule has 0 aliphatic rings. The van der Waals surface area contributed by atoms with E-state index in [1.165, 1.54) is 6.92 Å². The summed E-state index contributed by atoms with van der Waals surface area (Å²) < 4.78 is 0. The van der Waals surface area contributed by atoms with E-state index in [-0.39, 0.29) is 202 Å². The largest absolute Gasteiger partial charge is 0.396 e. The van der Waals surface area contributed by atoms with Crippen molar-refractivity contribution in [1.29, 1.82) is 0 Å². The number of carbonyl (C=O) groups excluding carboxylic acids is 13. The zero-order valence-corrected chi connectivity index (χ0v) is 67.5. The Balaban J connectivity index is 1.64. The van der Waals surface area contributed by atoms with Crippen LogP contribution in [-0.2, 0) is 88.0 Å². The standard InChI is InChI=1S/C93H132N2O14/c1-10-13-19-40-73(56-84(100)67(8)31-29-30-50-95-93(109)49-48-92(108)94-12-3)86(102)61-78(52-70-34-23-16-24-35-70)90(106)58-75(44-42-65(4)5)88(104)63-80(54-72-38-27-18-28-39-72)91(107)59-76(45-43-66(6)7)87(103)62-79(53-71-36-25-17-26-37-71)89(105)57-74(41-20-14-11-2)85(101)60-77(51-69-32-21-15-22-33-69)83(99)47-46-82(98)55-81(64-96)68(9)97/h15-18,21-28,32-39,65-67,73-81,96H,10-14,19-20,29-31,40-64H2,1-9H3,(H,94,108)(H,95,109). The lowest BCUT2D eigenvalue weighted by Gasteiger charge is -2.26. The minimum atomic E-state index is -0.872. The number of amides is 2. The van der Waals surface area contributed by atoms with Crippen LogP contribution in [0.5, 0.6) is 0 Å². The summed E-state index contributed by atoms with van der Waals surface area (Å²) in [4.78, 5) is 184. The van der Waals surface area contributed by atoms with E-state index in [1.54, 1.807) is 0 Å². The molecule has 2 amide bonds. The van der Waals surface area contributed by atoms with E-state index in [0.717, 1.165) is 54.4 Å². The molecule has 3 N–H and O–H groups in total. The third-order valence-corrected chi connectivity index (χ3v) is 21.8. The molecule has 598 valence electrons. The van der Waals surface area contributed by atoms with Crippen molar-refractivity contribution in [3.63, 3.8) is 0 Å². The van der Waals surface area contributed by atoms with Gasteiger partial charge in [0.2, 0.25) is 11.8 Å². The van der Waals surface area contributed by atoms with Gasteiger partial charge in [0.25, 0.3) is 0 Å². The highest BCUT2D eigenvalue weighted by molar-refractivity contribution is 5.98. The van der Waals surface area contributed by atoms with Gasteiger partial charge in [-0.05, 0) is 112 Å². The number of hydrogen-bond donors (Lipinski definition) is 3. The van der Waals surface area contributed by atoms with Crippen LogP contribution < -0.4 is 10.6 Å². The van der Waals surface area contributed by atoms with Gasteiger partial charge in [0.15, 0.2) is 0 Å². The summed E-state index contributed by atoms with van der Waals surface area (Å²) in [6, 6.07) is 37.6. The number of Topliss-reactive ketones (excluding diaryl/α,β-unsaturated/α-hetero) is 11. The normalized spacial score (nSPS) is 14.2. The van der Waals surface area contributed by atoms with E-state index in [4.69, 9.17) is 0 Å². The van der Waals surface area contributed by atoms with Crippen molar-refractivity contribution in [2.45, 2.75) is 268 Å². The molecule has 16 heteroatoms. The molecule has 109 heavy (non-hydrogen) atoms. The van der Waals surface area contributed by atoms with E-state index >= 15 is 24.0 Å². The summed E-state index contributed by atoms with van der Waals surface area (Å²) >= 11 is 0. The highest BCUT2D eigenvalue weighted by Gasteiger charge is 2.37. The van der Waals surface area contributed by atoms with Gasteiger partial charge < -0.3 is 15.7 Å². The lowest BCUT2D eigenvalue weighted by Crippen LogP contribution is -2.32. The van der Waals surface area contributed by atoms with Crippen LogP contribution >= 0.6 is 0 Å². The third-order valence-electron chi connectivity index (χ3n) is 21.8. The Kier molecular flexibility index (Phi) is 45.6. The number of nitrogens with one attached hydrogen (secondary N) is 2.